The minimum atomic E-state index is -1.77. The van der Waals surface area contributed by atoms with E-state index < -0.39 is 97.4 Å². The summed E-state index contributed by atoms with van der Waals surface area (Å²) < 4.78 is 34.4. The second-order valence-corrected chi connectivity index (χ2v) is 12.8. The second-order valence-electron chi connectivity index (χ2n) is 12.8. The number of benzene rings is 2. The highest BCUT2D eigenvalue weighted by Gasteiger charge is 2.46. The van der Waals surface area contributed by atoms with Gasteiger partial charge in [-0.3, -0.25) is 9.59 Å². The molecule has 7 N–H and O–H groups in total. The molecule has 2 aromatic carbocycles. The number of phenols is 2. The van der Waals surface area contributed by atoms with Crippen LogP contribution >= 0.6 is 0 Å². The van der Waals surface area contributed by atoms with E-state index in [1.807, 2.05) is 0 Å². The van der Waals surface area contributed by atoms with Gasteiger partial charge >= 0.3 is 0 Å². The lowest BCUT2D eigenvalue weighted by Gasteiger charge is -2.39. The molecule has 1 heterocycles. The van der Waals surface area contributed by atoms with Crippen LogP contribution in [0.15, 0.2) is 12.1 Å². The molecule has 0 spiro atoms. The van der Waals surface area contributed by atoms with Gasteiger partial charge in [0.05, 0.1) is 42.0 Å². The lowest BCUT2D eigenvalue weighted by Crippen LogP contribution is -2.51. The number of carbonyl (C=O) groups is 2. The van der Waals surface area contributed by atoms with Gasteiger partial charge in [-0.05, 0) is 64.1 Å². The van der Waals surface area contributed by atoms with Gasteiger partial charge in [0, 0.05) is 32.1 Å². The van der Waals surface area contributed by atoms with E-state index in [1.165, 1.54) is 21.1 Å². The lowest BCUT2D eigenvalue weighted by molar-refractivity contribution is -0.271. The number of aliphatic hydroxyl groups is 5. The highest BCUT2D eigenvalue weighted by atomic mass is 16.7. The summed E-state index contributed by atoms with van der Waals surface area (Å²) in [6.45, 7) is 7.11. The van der Waals surface area contributed by atoms with E-state index in [0.29, 0.717) is 10.9 Å². The number of carbonyl (C=O) groups excluding carboxylic acids is 2. The van der Waals surface area contributed by atoms with Crippen LogP contribution in [-0.4, -0.2) is 136 Å². The van der Waals surface area contributed by atoms with Gasteiger partial charge in [-0.2, -0.15) is 0 Å². The predicted octanol–water partition coefficient (Wildman–Crippen LogP) is 0.619. The monoisotopic (exact) mass is 696 g/mol. The maximum absolute atomic E-state index is 13.7. The van der Waals surface area contributed by atoms with Gasteiger partial charge in [0.25, 0.3) is 0 Å². The molecule has 274 valence electrons. The third kappa shape index (κ3) is 7.86. The van der Waals surface area contributed by atoms with E-state index in [1.54, 1.807) is 39.8 Å². The topological polar surface area (TPSA) is 231 Å². The number of rotatable bonds is 14. The molecular formula is C34H48O15. The number of ketones is 2. The van der Waals surface area contributed by atoms with Crippen LogP contribution in [0.2, 0.25) is 0 Å². The zero-order valence-corrected chi connectivity index (χ0v) is 28.6. The van der Waals surface area contributed by atoms with E-state index in [2.05, 4.69) is 0 Å². The third-order valence-corrected chi connectivity index (χ3v) is 9.35. The van der Waals surface area contributed by atoms with Crippen molar-refractivity contribution < 1.29 is 73.8 Å². The Morgan fingerprint density at radius 3 is 2.35 bits per heavy atom. The smallest absolute Gasteiger partial charge is 0.202 e. The molecule has 0 saturated carbocycles. The van der Waals surface area contributed by atoms with Crippen molar-refractivity contribution in [2.75, 3.05) is 20.8 Å². The predicted molar refractivity (Wildman–Crippen MR) is 171 cm³/mol. The minimum absolute atomic E-state index is 0.000944. The Morgan fingerprint density at radius 1 is 1.08 bits per heavy atom. The number of fused-ring (bicyclic) bond motifs is 2. The summed E-state index contributed by atoms with van der Waals surface area (Å²) >= 11 is 0. The average Bonchev–Trinajstić information content (AvgIpc) is 3.04. The molecule has 3 unspecified atom stereocenters. The summed E-state index contributed by atoms with van der Waals surface area (Å²) in [5.41, 5.74) is 0.471. The van der Waals surface area contributed by atoms with Crippen LogP contribution < -0.4 is 4.74 Å². The number of aliphatic hydroxyl groups excluding tert-OH is 5. The first-order valence-corrected chi connectivity index (χ1v) is 16.2. The molecule has 0 amide bonds. The Hall–Kier alpha value is -2.96. The van der Waals surface area contributed by atoms with Crippen LogP contribution in [-0.2, 0) is 34.9 Å². The Balaban J connectivity index is 1.65. The van der Waals surface area contributed by atoms with Crippen LogP contribution in [0.3, 0.4) is 0 Å². The van der Waals surface area contributed by atoms with Gasteiger partial charge in [-0.25, -0.2) is 0 Å². The van der Waals surface area contributed by atoms with Gasteiger partial charge in [-0.1, -0.05) is 0 Å². The van der Waals surface area contributed by atoms with E-state index in [-0.39, 0.29) is 40.9 Å². The number of hydrogen-bond acceptors (Lipinski definition) is 15. The fourth-order valence-corrected chi connectivity index (χ4v) is 6.55. The highest BCUT2D eigenvalue weighted by molar-refractivity contribution is 6.11. The molecule has 2 aromatic rings. The fraction of sp³-hybridized carbons (Fsp3) is 0.647. The third-order valence-electron chi connectivity index (χ3n) is 9.35. The van der Waals surface area contributed by atoms with Crippen molar-refractivity contribution >= 4 is 22.3 Å². The fourth-order valence-electron chi connectivity index (χ4n) is 6.55. The van der Waals surface area contributed by atoms with E-state index >= 15 is 0 Å². The van der Waals surface area contributed by atoms with Crippen molar-refractivity contribution in [2.45, 2.75) is 115 Å². The molecule has 12 atom stereocenters. The molecule has 1 saturated heterocycles. The Kier molecular flexibility index (Phi) is 12.6. The Bertz CT molecular complexity index is 1490. The first-order valence-electron chi connectivity index (χ1n) is 16.2. The number of ether oxygens (including phenoxy) is 6. The van der Waals surface area contributed by atoms with Crippen LogP contribution in [0.1, 0.15) is 55.6 Å². The second kappa shape index (κ2) is 15.9. The van der Waals surface area contributed by atoms with E-state index in [0.717, 1.165) is 0 Å². The quantitative estimate of drug-likeness (QED) is 0.134. The normalized spacial score (nSPS) is 28.0. The number of phenolic OH excluding ortho intramolecular Hbond substituents is 2. The van der Waals surface area contributed by atoms with E-state index in [9.17, 15) is 45.3 Å². The van der Waals surface area contributed by atoms with Crippen LogP contribution in [0, 0.1) is 12.8 Å². The molecule has 1 aliphatic carbocycles. The zero-order chi connectivity index (χ0) is 36.5. The molecule has 0 aromatic heterocycles. The highest BCUT2D eigenvalue weighted by Crippen LogP contribution is 2.46. The summed E-state index contributed by atoms with van der Waals surface area (Å²) in [6, 6.07) is 3.14. The standard InChI is InChI=1S/C34H48O15/c1-13-22(49-24-11-23(29(40)16(4)47-24)48-17(5)46-15(3)21(37)12-35)10-19-8-18-9-20(34(45-7)32(43)28(39)14(2)36)33(44-6)31(42)26(18)30(41)25(19)27(13)38/h8,10,14-17,20-21,23-24,28-29,33-41H,9,11-12H2,1-7H3/t14-,15?,16?,17+,20-,21+,23?,24+,28+,29-,33+,34+/m1/s1. The van der Waals surface area contributed by atoms with Gasteiger partial charge in [-0.15, -0.1) is 0 Å². The van der Waals surface area contributed by atoms with Crippen LogP contribution in [0.4, 0.5) is 0 Å². The molecule has 2 aliphatic rings. The maximum Gasteiger partial charge on any atom is 0.202 e. The zero-order valence-electron chi connectivity index (χ0n) is 28.6. The molecule has 15 nitrogen and oxygen atoms in total. The van der Waals surface area contributed by atoms with Gasteiger partial charge in [0.15, 0.2) is 17.9 Å². The van der Waals surface area contributed by atoms with Crippen molar-refractivity contribution in [3.8, 4) is 17.2 Å². The molecule has 0 bridgehead atoms. The largest absolute Gasteiger partial charge is 0.507 e. The van der Waals surface area contributed by atoms with Crippen molar-refractivity contribution in [3.05, 3.63) is 28.8 Å². The lowest BCUT2D eigenvalue weighted by atomic mass is 9.75. The summed E-state index contributed by atoms with van der Waals surface area (Å²) in [6.07, 6.45) is -12.0. The van der Waals surface area contributed by atoms with Crippen LogP contribution in [0.25, 0.3) is 10.8 Å². The number of hydrogen-bond donors (Lipinski definition) is 7. The summed E-state index contributed by atoms with van der Waals surface area (Å²) in [4.78, 5) is 26.8. The Labute approximate surface area is 283 Å². The molecule has 49 heavy (non-hydrogen) atoms. The SMILES string of the molecule is CO[C@@H]1C(=O)c2c(cc3cc(O[C@H]4CC(O[C@@H](C)OC(C)[C@@H](O)CO)[C@H](O)C(C)O4)c(C)c(O)c3c2O)C[C@H]1[C@H](OC)C(=O)[C@@H](O)[C@@H](C)O. The number of aromatic hydroxyl groups is 2. The summed E-state index contributed by atoms with van der Waals surface area (Å²) in [5.74, 6) is -3.06. The van der Waals surface area contributed by atoms with Crippen molar-refractivity contribution in [3.63, 3.8) is 0 Å². The Morgan fingerprint density at radius 2 is 1.76 bits per heavy atom. The minimum Gasteiger partial charge on any atom is -0.507 e. The summed E-state index contributed by atoms with van der Waals surface area (Å²) in [5, 5.41) is 72.8. The molecule has 4 rings (SSSR count). The first kappa shape index (κ1) is 38.8. The van der Waals surface area contributed by atoms with Crippen molar-refractivity contribution in [2.24, 2.45) is 5.92 Å². The summed E-state index contributed by atoms with van der Waals surface area (Å²) in [7, 11) is 2.51. The van der Waals surface area contributed by atoms with E-state index in [4.69, 9.17) is 28.4 Å². The molecule has 1 aliphatic heterocycles. The molecule has 15 heteroatoms. The number of Topliss-reactive ketones (excluding diaryl/α,β-unsaturated/α-hetero) is 2. The maximum atomic E-state index is 13.7. The molecular weight excluding hydrogens is 648 g/mol. The van der Waals surface area contributed by atoms with Crippen LogP contribution in [0.5, 0.6) is 17.2 Å². The van der Waals surface area contributed by atoms with Crippen molar-refractivity contribution in [1.29, 1.82) is 0 Å². The number of methoxy groups -OCH3 is 2. The van der Waals surface area contributed by atoms with Gasteiger partial charge < -0.3 is 64.2 Å². The van der Waals surface area contributed by atoms with Gasteiger partial charge in [0.1, 0.15) is 47.8 Å². The van der Waals surface area contributed by atoms with Crippen molar-refractivity contribution in [1.82, 2.24) is 0 Å². The molecule has 0 radical (unpaired) electrons. The van der Waals surface area contributed by atoms with Gasteiger partial charge in [0.2, 0.25) is 6.29 Å². The molecule has 1 fully saturated rings. The first-order chi connectivity index (χ1) is 23.1. The average molecular weight is 697 g/mol.